The molecule has 120 valence electrons. The van der Waals surface area contributed by atoms with Gasteiger partial charge in [-0.2, -0.15) is 0 Å². The van der Waals surface area contributed by atoms with Crippen LogP contribution in [0.1, 0.15) is 25.5 Å². The first-order valence-corrected chi connectivity index (χ1v) is 7.70. The number of benzene rings is 1. The van der Waals surface area contributed by atoms with Gasteiger partial charge >= 0.3 is 11.9 Å². The van der Waals surface area contributed by atoms with Gasteiger partial charge in [0, 0.05) is 6.92 Å². The second-order valence-corrected chi connectivity index (χ2v) is 5.53. The lowest BCUT2D eigenvalue weighted by Crippen LogP contribution is -2.31. The molecule has 0 aliphatic carbocycles. The van der Waals surface area contributed by atoms with E-state index in [9.17, 15) is 14.4 Å². The number of nitrogens with one attached hydrogen (secondary N) is 1. The van der Waals surface area contributed by atoms with E-state index in [0.717, 1.165) is 17.3 Å². The van der Waals surface area contributed by atoms with Gasteiger partial charge in [-0.25, -0.2) is 4.79 Å². The highest BCUT2D eigenvalue weighted by atomic mass is 32.2. The Morgan fingerprint density at radius 1 is 1.23 bits per heavy atom. The third-order valence-electron chi connectivity index (χ3n) is 2.71. The molecule has 0 aromatic heterocycles. The van der Waals surface area contributed by atoms with E-state index in [1.807, 2.05) is 37.3 Å². The van der Waals surface area contributed by atoms with E-state index in [4.69, 9.17) is 4.74 Å². The van der Waals surface area contributed by atoms with Gasteiger partial charge < -0.3 is 14.8 Å². The molecule has 1 aromatic carbocycles. The smallest absolute Gasteiger partial charge is 0.358 e. The average Bonchev–Trinajstić information content (AvgIpc) is 2.51. The van der Waals surface area contributed by atoms with Crippen molar-refractivity contribution < 1.29 is 23.9 Å². The zero-order chi connectivity index (χ0) is 16.5. The van der Waals surface area contributed by atoms with Crippen LogP contribution in [-0.2, 0) is 23.9 Å². The Bertz CT molecular complexity index is 520. The number of carbonyl (C=O) groups excluding carboxylic acids is 3. The summed E-state index contributed by atoms with van der Waals surface area (Å²) >= 11 is 0.898. The van der Waals surface area contributed by atoms with E-state index in [1.54, 1.807) is 0 Å². The minimum atomic E-state index is -1.14. The van der Waals surface area contributed by atoms with Crippen molar-refractivity contribution in [2.24, 2.45) is 0 Å². The Balaban J connectivity index is 2.49. The lowest BCUT2D eigenvalue weighted by Gasteiger charge is -2.16. The van der Waals surface area contributed by atoms with Gasteiger partial charge in [0.1, 0.15) is 0 Å². The maximum Gasteiger partial charge on any atom is 0.358 e. The molecule has 0 saturated heterocycles. The minimum absolute atomic E-state index is 0.0236. The monoisotopic (exact) mass is 325 g/mol. The van der Waals surface area contributed by atoms with Crippen LogP contribution in [0.3, 0.4) is 0 Å². The number of esters is 2. The molecule has 2 atom stereocenters. The summed E-state index contributed by atoms with van der Waals surface area (Å²) in [5, 5.41) is 2.81. The number of hydrogen-bond donors (Lipinski definition) is 1. The molecule has 0 heterocycles. The summed E-state index contributed by atoms with van der Waals surface area (Å²) in [6.07, 6.45) is 0. The Labute approximate surface area is 133 Å². The van der Waals surface area contributed by atoms with Crippen molar-refractivity contribution in [2.45, 2.75) is 25.3 Å². The lowest BCUT2D eigenvalue weighted by molar-refractivity contribution is -0.158. The first-order valence-electron chi connectivity index (χ1n) is 6.65. The molecule has 1 aromatic rings. The number of ether oxygens (including phenoxy) is 2. The van der Waals surface area contributed by atoms with Crippen molar-refractivity contribution in [1.82, 2.24) is 5.32 Å². The van der Waals surface area contributed by atoms with Crippen LogP contribution in [0, 0.1) is 0 Å². The van der Waals surface area contributed by atoms with Crippen LogP contribution in [-0.4, -0.2) is 36.1 Å². The summed E-state index contributed by atoms with van der Waals surface area (Å²) in [5.41, 5.74) is -0.161. The van der Waals surface area contributed by atoms with Gasteiger partial charge in [0.25, 0.3) is 0 Å². The van der Waals surface area contributed by atoms with Gasteiger partial charge in [-0.05, 0) is 12.5 Å². The number of amides is 1. The van der Waals surface area contributed by atoms with Crippen molar-refractivity contribution in [3.05, 3.63) is 35.9 Å². The summed E-state index contributed by atoms with van der Waals surface area (Å²) in [6, 6.07) is 9.34. The van der Waals surface area contributed by atoms with Gasteiger partial charge in [0.05, 0.1) is 18.9 Å². The van der Waals surface area contributed by atoms with Crippen LogP contribution < -0.4 is 5.32 Å². The normalized spacial score (nSPS) is 12.9. The number of methoxy groups -OCH3 is 1. The fraction of sp³-hybridized carbons (Fsp3) is 0.400. The van der Waals surface area contributed by atoms with E-state index >= 15 is 0 Å². The summed E-state index contributed by atoms with van der Waals surface area (Å²) in [7, 11) is 1.19. The highest BCUT2D eigenvalue weighted by molar-refractivity contribution is 8.01. The summed E-state index contributed by atoms with van der Waals surface area (Å²) in [4.78, 5) is 34.3. The lowest BCUT2D eigenvalue weighted by atomic mass is 10.1. The molecule has 0 fully saturated rings. The van der Waals surface area contributed by atoms with E-state index in [1.165, 1.54) is 14.0 Å². The fourth-order valence-electron chi connectivity index (χ4n) is 1.66. The summed E-state index contributed by atoms with van der Waals surface area (Å²) < 4.78 is 9.34. The van der Waals surface area contributed by atoms with Crippen molar-refractivity contribution in [1.29, 1.82) is 0 Å². The quantitative estimate of drug-likeness (QED) is 0.606. The first-order chi connectivity index (χ1) is 10.4. The second-order valence-electron chi connectivity index (χ2n) is 4.48. The van der Waals surface area contributed by atoms with Crippen molar-refractivity contribution >= 4 is 29.6 Å². The molecule has 22 heavy (non-hydrogen) atoms. The molecule has 0 aliphatic rings. The van der Waals surface area contributed by atoms with Crippen molar-refractivity contribution in [2.75, 3.05) is 12.9 Å². The predicted octanol–water partition coefficient (Wildman–Crippen LogP) is 1.66. The molecular weight excluding hydrogens is 306 g/mol. The van der Waals surface area contributed by atoms with Gasteiger partial charge in [0.2, 0.25) is 11.3 Å². The van der Waals surface area contributed by atoms with Crippen LogP contribution in [0.25, 0.3) is 0 Å². The van der Waals surface area contributed by atoms with Gasteiger partial charge in [-0.1, -0.05) is 42.1 Å². The maximum absolute atomic E-state index is 11.9. The molecule has 1 amide bonds. The molecule has 1 N–H and O–H groups in total. The first kappa shape index (κ1) is 18.0. The number of thioether (sulfide) groups is 1. The van der Waals surface area contributed by atoms with E-state index in [2.05, 4.69) is 10.1 Å². The number of hydrogen-bond acceptors (Lipinski definition) is 6. The SMILES string of the molecule is COC(=O)C(OC(C)=O)SCC(=O)N[C@@H](C)c1ccccc1. The third kappa shape index (κ3) is 6.17. The van der Waals surface area contributed by atoms with E-state index < -0.39 is 17.4 Å². The Morgan fingerprint density at radius 2 is 1.86 bits per heavy atom. The van der Waals surface area contributed by atoms with Crippen molar-refractivity contribution in [3.63, 3.8) is 0 Å². The van der Waals surface area contributed by atoms with Gasteiger partial charge in [-0.3, -0.25) is 9.59 Å². The molecule has 1 rings (SSSR count). The zero-order valence-corrected chi connectivity index (χ0v) is 13.5. The molecular formula is C15H19NO5S. The third-order valence-corrected chi connectivity index (χ3v) is 3.73. The Kier molecular flexibility index (Phi) is 7.45. The number of rotatable bonds is 7. The predicted molar refractivity (Wildman–Crippen MR) is 83.0 cm³/mol. The molecule has 0 saturated carbocycles. The molecule has 0 aliphatic heterocycles. The van der Waals surface area contributed by atoms with Crippen LogP contribution in [0.2, 0.25) is 0 Å². The molecule has 0 bridgehead atoms. The van der Waals surface area contributed by atoms with Crippen molar-refractivity contribution in [3.8, 4) is 0 Å². The molecule has 0 spiro atoms. The fourth-order valence-corrected chi connectivity index (χ4v) is 2.48. The standard InChI is InChI=1S/C15H19NO5S/c1-10(12-7-5-4-6-8-12)16-13(18)9-22-15(14(19)20-3)21-11(2)17/h4-8,10,15H,9H2,1-3H3,(H,16,18)/t10-,15?/m0/s1. The van der Waals surface area contributed by atoms with Crippen LogP contribution in [0.5, 0.6) is 0 Å². The number of carbonyl (C=O) groups is 3. The van der Waals surface area contributed by atoms with Crippen LogP contribution in [0.15, 0.2) is 30.3 Å². The topological polar surface area (TPSA) is 81.7 Å². The molecule has 7 heteroatoms. The van der Waals surface area contributed by atoms with Crippen LogP contribution in [0.4, 0.5) is 0 Å². The largest absolute Gasteiger partial charge is 0.466 e. The highest BCUT2D eigenvalue weighted by Gasteiger charge is 2.24. The van der Waals surface area contributed by atoms with E-state index in [-0.39, 0.29) is 17.7 Å². The Hall–Kier alpha value is -2.02. The molecule has 1 unspecified atom stereocenters. The minimum Gasteiger partial charge on any atom is -0.466 e. The average molecular weight is 325 g/mol. The Morgan fingerprint density at radius 3 is 2.41 bits per heavy atom. The molecule has 6 nitrogen and oxygen atoms in total. The summed E-state index contributed by atoms with van der Waals surface area (Å²) in [5.74, 6) is -1.60. The van der Waals surface area contributed by atoms with Gasteiger partial charge in [-0.15, -0.1) is 0 Å². The summed E-state index contributed by atoms with van der Waals surface area (Å²) in [6.45, 7) is 3.05. The highest BCUT2D eigenvalue weighted by Crippen LogP contribution is 2.16. The molecule has 0 radical (unpaired) electrons. The second kappa shape index (κ2) is 9.09. The van der Waals surface area contributed by atoms with Crippen LogP contribution >= 0.6 is 11.8 Å². The maximum atomic E-state index is 11.9. The van der Waals surface area contributed by atoms with Gasteiger partial charge in [0.15, 0.2) is 0 Å². The zero-order valence-electron chi connectivity index (χ0n) is 12.7. The van der Waals surface area contributed by atoms with E-state index in [0.29, 0.717) is 0 Å².